The molecule has 0 unspecified atom stereocenters. The number of hydrogen-bond donors (Lipinski definition) is 2. The fourth-order valence-corrected chi connectivity index (χ4v) is 2.13. The topological polar surface area (TPSA) is 50.4 Å². The number of rotatable bonds is 4. The Morgan fingerprint density at radius 1 is 1.44 bits per heavy atom. The maximum atomic E-state index is 12.1. The molecule has 98 valence electrons. The van der Waals surface area contributed by atoms with Crippen molar-refractivity contribution in [3.05, 3.63) is 29.8 Å². The van der Waals surface area contributed by atoms with Crippen LogP contribution in [0.15, 0.2) is 24.3 Å². The van der Waals surface area contributed by atoms with E-state index in [2.05, 4.69) is 10.6 Å². The minimum absolute atomic E-state index is 0.0107. The summed E-state index contributed by atoms with van der Waals surface area (Å²) in [4.78, 5) is 12.1. The molecule has 0 bridgehead atoms. The molecule has 4 nitrogen and oxygen atoms in total. The second-order valence-corrected chi connectivity index (χ2v) is 4.46. The largest absolute Gasteiger partial charge is 0.494 e. The van der Waals surface area contributed by atoms with Crippen molar-refractivity contribution in [3.8, 4) is 5.75 Å². The van der Waals surface area contributed by atoms with Gasteiger partial charge in [0.25, 0.3) is 5.91 Å². The third-order valence-corrected chi connectivity index (χ3v) is 3.08. The Morgan fingerprint density at radius 2 is 2.22 bits per heavy atom. The first-order chi connectivity index (χ1) is 8.79. The van der Waals surface area contributed by atoms with E-state index >= 15 is 0 Å². The SMILES string of the molecule is CCOc1cccc(C(=O)NC2CCNCC2)c1. The van der Waals surface area contributed by atoms with Crippen LogP contribution >= 0.6 is 0 Å². The lowest BCUT2D eigenvalue weighted by Crippen LogP contribution is -2.42. The van der Waals surface area contributed by atoms with E-state index in [4.69, 9.17) is 4.74 Å². The lowest BCUT2D eigenvalue weighted by molar-refractivity contribution is 0.0929. The Balaban J connectivity index is 1.96. The van der Waals surface area contributed by atoms with Crippen molar-refractivity contribution in [2.45, 2.75) is 25.8 Å². The molecule has 0 aliphatic carbocycles. The number of ether oxygens (including phenoxy) is 1. The Labute approximate surface area is 108 Å². The Bertz CT molecular complexity index is 401. The molecule has 0 atom stereocenters. The second-order valence-electron chi connectivity index (χ2n) is 4.46. The molecule has 1 saturated heterocycles. The molecule has 4 heteroatoms. The van der Waals surface area contributed by atoms with E-state index in [0.717, 1.165) is 31.7 Å². The van der Waals surface area contributed by atoms with Crippen LogP contribution in [0.3, 0.4) is 0 Å². The van der Waals surface area contributed by atoms with Crippen LogP contribution in [0.25, 0.3) is 0 Å². The van der Waals surface area contributed by atoms with Crippen LogP contribution in [0.1, 0.15) is 30.1 Å². The van der Waals surface area contributed by atoms with Gasteiger partial charge in [-0.25, -0.2) is 0 Å². The molecule has 0 aromatic heterocycles. The molecule has 1 aromatic carbocycles. The van der Waals surface area contributed by atoms with Crippen molar-refractivity contribution in [3.63, 3.8) is 0 Å². The molecule has 0 spiro atoms. The molecule has 18 heavy (non-hydrogen) atoms. The summed E-state index contributed by atoms with van der Waals surface area (Å²) in [5, 5.41) is 6.35. The van der Waals surface area contributed by atoms with E-state index in [-0.39, 0.29) is 11.9 Å². The van der Waals surface area contributed by atoms with E-state index in [9.17, 15) is 4.79 Å². The number of carbonyl (C=O) groups excluding carboxylic acids is 1. The third kappa shape index (κ3) is 3.47. The fourth-order valence-electron chi connectivity index (χ4n) is 2.13. The van der Waals surface area contributed by atoms with Crippen LogP contribution < -0.4 is 15.4 Å². The first kappa shape index (κ1) is 12.9. The first-order valence-corrected chi connectivity index (χ1v) is 6.54. The monoisotopic (exact) mass is 248 g/mol. The van der Waals surface area contributed by atoms with Crippen molar-refractivity contribution in [1.82, 2.24) is 10.6 Å². The van der Waals surface area contributed by atoms with Gasteiger partial charge in [0, 0.05) is 11.6 Å². The van der Waals surface area contributed by atoms with E-state index in [1.54, 1.807) is 6.07 Å². The van der Waals surface area contributed by atoms with Crippen molar-refractivity contribution in [2.75, 3.05) is 19.7 Å². The van der Waals surface area contributed by atoms with Gasteiger partial charge in [-0.2, -0.15) is 0 Å². The van der Waals surface area contributed by atoms with Crippen LogP contribution in [0.5, 0.6) is 5.75 Å². The minimum atomic E-state index is -0.0107. The van der Waals surface area contributed by atoms with Gasteiger partial charge in [-0.3, -0.25) is 4.79 Å². The van der Waals surface area contributed by atoms with Crippen molar-refractivity contribution < 1.29 is 9.53 Å². The summed E-state index contributed by atoms with van der Waals surface area (Å²) in [5.41, 5.74) is 0.666. The highest BCUT2D eigenvalue weighted by Gasteiger charge is 2.16. The quantitative estimate of drug-likeness (QED) is 0.850. The molecule has 1 amide bonds. The minimum Gasteiger partial charge on any atom is -0.494 e. The molecule has 1 heterocycles. The lowest BCUT2D eigenvalue weighted by Gasteiger charge is -2.23. The summed E-state index contributed by atoms with van der Waals surface area (Å²) in [6.45, 7) is 4.50. The number of amides is 1. The van der Waals surface area contributed by atoms with Gasteiger partial charge in [-0.05, 0) is 51.1 Å². The first-order valence-electron chi connectivity index (χ1n) is 6.54. The van der Waals surface area contributed by atoms with Gasteiger partial charge < -0.3 is 15.4 Å². The highest BCUT2D eigenvalue weighted by molar-refractivity contribution is 5.94. The van der Waals surface area contributed by atoms with Gasteiger partial charge in [-0.1, -0.05) is 6.07 Å². The number of carbonyl (C=O) groups is 1. The van der Waals surface area contributed by atoms with E-state index < -0.39 is 0 Å². The zero-order valence-electron chi connectivity index (χ0n) is 10.7. The van der Waals surface area contributed by atoms with Crippen LogP contribution in [-0.2, 0) is 0 Å². The normalized spacial score (nSPS) is 16.3. The molecule has 1 aromatic rings. The van der Waals surface area contributed by atoms with Crippen LogP contribution in [-0.4, -0.2) is 31.6 Å². The zero-order valence-corrected chi connectivity index (χ0v) is 10.7. The molecular formula is C14H20N2O2. The molecule has 0 saturated carbocycles. The Hall–Kier alpha value is -1.55. The highest BCUT2D eigenvalue weighted by Crippen LogP contribution is 2.14. The molecule has 0 radical (unpaired) electrons. The van der Waals surface area contributed by atoms with Crippen LogP contribution in [0.4, 0.5) is 0 Å². The number of benzene rings is 1. The fraction of sp³-hybridized carbons (Fsp3) is 0.500. The highest BCUT2D eigenvalue weighted by atomic mass is 16.5. The molecule has 2 rings (SSSR count). The summed E-state index contributed by atoms with van der Waals surface area (Å²) in [6, 6.07) is 7.61. The Morgan fingerprint density at radius 3 is 2.94 bits per heavy atom. The second kappa shape index (κ2) is 6.40. The van der Waals surface area contributed by atoms with Crippen molar-refractivity contribution in [2.24, 2.45) is 0 Å². The summed E-state index contributed by atoms with van der Waals surface area (Å²) in [6.07, 6.45) is 1.99. The van der Waals surface area contributed by atoms with Gasteiger partial charge in [0.05, 0.1) is 6.61 Å². The molecule has 2 N–H and O–H groups in total. The summed E-state index contributed by atoms with van der Waals surface area (Å²) in [7, 11) is 0. The smallest absolute Gasteiger partial charge is 0.251 e. The van der Waals surface area contributed by atoms with Gasteiger partial charge in [0.15, 0.2) is 0 Å². The van der Waals surface area contributed by atoms with E-state index in [1.165, 1.54) is 0 Å². The molecule has 1 aliphatic heterocycles. The lowest BCUT2D eigenvalue weighted by atomic mass is 10.1. The third-order valence-electron chi connectivity index (χ3n) is 3.08. The van der Waals surface area contributed by atoms with Gasteiger partial charge in [-0.15, -0.1) is 0 Å². The number of nitrogens with one attached hydrogen (secondary N) is 2. The number of piperidine rings is 1. The van der Waals surface area contributed by atoms with E-state index in [1.807, 2.05) is 25.1 Å². The summed E-state index contributed by atoms with van der Waals surface area (Å²) in [5.74, 6) is 0.735. The van der Waals surface area contributed by atoms with Crippen LogP contribution in [0.2, 0.25) is 0 Å². The van der Waals surface area contributed by atoms with Crippen LogP contribution in [0, 0.1) is 0 Å². The van der Waals surface area contributed by atoms with Gasteiger partial charge in [0.2, 0.25) is 0 Å². The maximum Gasteiger partial charge on any atom is 0.251 e. The molecule has 1 fully saturated rings. The maximum absolute atomic E-state index is 12.1. The zero-order chi connectivity index (χ0) is 12.8. The predicted molar refractivity (Wildman–Crippen MR) is 71.0 cm³/mol. The molecule has 1 aliphatic rings. The molecular weight excluding hydrogens is 228 g/mol. The average Bonchev–Trinajstić information content (AvgIpc) is 2.40. The number of hydrogen-bond acceptors (Lipinski definition) is 3. The summed E-state index contributed by atoms with van der Waals surface area (Å²) >= 11 is 0. The van der Waals surface area contributed by atoms with E-state index in [0.29, 0.717) is 12.2 Å². The van der Waals surface area contributed by atoms with Crippen molar-refractivity contribution in [1.29, 1.82) is 0 Å². The average molecular weight is 248 g/mol. The van der Waals surface area contributed by atoms with Gasteiger partial charge in [0.1, 0.15) is 5.75 Å². The van der Waals surface area contributed by atoms with Gasteiger partial charge >= 0.3 is 0 Å². The van der Waals surface area contributed by atoms with Crippen molar-refractivity contribution >= 4 is 5.91 Å². The Kier molecular flexibility index (Phi) is 4.59. The standard InChI is InChI=1S/C14H20N2O2/c1-2-18-13-5-3-4-11(10-13)14(17)16-12-6-8-15-9-7-12/h3-5,10,12,15H,2,6-9H2,1H3,(H,16,17). The summed E-state index contributed by atoms with van der Waals surface area (Å²) < 4.78 is 5.40. The predicted octanol–water partition coefficient (Wildman–Crippen LogP) is 1.57.